The molecule has 152 valence electrons. The average Bonchev–Trinajstić information content (AvgIpc) is 3.15. The summed E-state index contributed by atoms with van der Waals surface area (Å²) in [6, 6.07) is 17.3. The van der Waals surface area contributed by atoms with Crippen molar-refractivity contribution in [3.05, 3.63) is 98.3 Å². The van der Waals surface area contributed by atoms with Gasteiger partial charge in [0.15, 0.2) is 0 Å². The molecular formula is C23H22N4O3. The SMILES string of the molecule is CC(=NCCc1c[nH]c2ccccc12)c1c(O)n(Cc2ccccc2)c(=O)[nH]c1=O. The number of aromatic nitrogens is 3. The number of para-hydroxylation sites is 1. The Balaban J connectivity index is 1.60. The van der Waals surface area contributed by atoms with E-state index in [2.05, 4.69) is 15.0 Å². The number of aliphatic imine (C=N–C) groups is 1. The highest BCUT2D eigenvalue weighted by atomic mass is 16.3. The number of aromatic amines is 2. The van der Waals surface area contributed by atoms with Crippen LogP contribution in [0.2, 0.25) is 0 Å². The van der Waals surface area contributed by atoms with Gasteiger partial charge in [-0.3, -0.25) is 19.3 Å². The molecule has 30 heavy (non-hydrogen) atoms. The van der Waals surface area contributed by atoms with Gasteiger partial charge < -0.3 is 10.1 Å². The molecule has 0 saturated heterocycles. The Bertz CT molecular complexity index is 1330. The second-order valence-electron chi connectivity index (χ2n) is 7.11. The van der Waals surface area contributed by atoms with Crippen molar-refractivity contribution in [2.24, 2.45) is 4.99 Å². The maximum Gasteiger partial charge on any atom is 0.331 e. The molecule has 7 heteroatoms. The molecule has 3 N–H and O–H groups in total. The first-order chi connectivity index (χ1) is 14.5. The number of benzene rings is 2. The van der Waals surface area contributed by atoms with E-state index in [1.54, 1.807) is 6.92 Å². The van der Waals surface area contributed by atoms with Crippen LogP contribution in [-0.4, -0.2) is 31.9 Å². The number of nitrogens with one attached hydrogen (secondary N) is 2. The Morgan fingerprint density at radius 3 is 2.60 bits per heavy atom. The Kier molecular flexibility index (Phi) is 5.34. The minimum Gasteiger partial charge on any atom is -0.494 e. The van der Waals surface area contributed by atoms with Gasteiger partial charge in [0, 0.05) is 29.4 Å². The zero-order valence-electron chi connectivity index (χ0n) is 16.6. The molecule has 0 radical (unpaired) electrons. The summed E-state index contributed by atoms with van der Waals surface area (Å²) in [4.78, 5) is 34.6. The van der Waals surface area contributed by atoms with Gasteiger partial charge in [-0.2, -0.15) is 0 Å². The summed E-state index contributed by atoms with van der Waals surface area (Å²) in [6.45, 7) is 2.26. The maximum absolute atomic E-state index is 12.4. The third-order valence-corrected chi connectivity index (χ3v) is 5.12. The van der Waals surface area contributed by atoms with Crippen LogP contribution in [0.15, 0.2) is 75.4 Å². The Labute approximate surface area is 172 Å². The van der Waals surface area contributed by atoms with Gasteiger partial charge in [0.2, 0.25) is 5.88 Å². The lowest BCUT2D eigenvalue weighted by Gasteiger charge is -2.11. The fraction of sp³-hybridized carbons (Fsp3) is 0.174. The van der Waals surface area contributed by atoms with Crippen LogP contribution in [0.1, 0.15) is 23.6 Å². The van der Waals surface area contributed by atoms with Gasteiger partial charge >= 0.3 is 5.69 Å². The first-order valence-electron chi connectivity index (χ1n) is 9.71. The predicted molar refractivity (Wildman–Crippen MR) is 118 cm³/mol. The molecule has 0 atom stereocenters. The minimum atomic E-state index is -0.656. The normalized spacial score (nSPS) is 11.8. The smallest absolute Gasteiger partial charge is 0.331 e. The Morgan fingerprint density at radius 1 is 1.07 bits per heavy atom. The van der Waals surface area contributed by atoms with Crippen molar-refractivity contribution < 1.29 is 5.11 Å². The van der Waals surface area contributed by atoms with Gasteiger partial charge in [0.25, 0.3) is 5.56 Å². The highest BCUT2D eigenvalue weighted by molar-refractivity contribution is 6.00. The van der Waals surface area contributed by atoms with E-state index in [1.807, 2.05) is 60.8 Å². The van der Waals surface area contributed by atoms with E-state index in [-0.39, 0.29) is 18.0 Å². The van der Waals surface area contributed by atoms with Crippen molar-refractivity contribution >= 4 is 16.6 Å². The van der Waals surface area contributed by atoms with E-state index >= 15 is 0 Å². The fourth-order valence-corrected chi connectivity index (χ4v) is 3.56. The molecular weight excluding hydrogens is 380 g/mol. The van der Waals surface area contributed by atoms with E-state index in [0.29, 0.717) is 18.7 Å². The van der Waals surface area contributed by atoms with E-state index in [0.717, 1.165) is 26.6 Å². The van der Waals surface area contributed by atoms with Crippen molar-refractivity contribution in [3.63, 3.8) is 0 Å². The van der Waals surface area contributed by atoms with Gasteiger partial charge in [-0.05, 0) is 30.5 Å². The number of fused-ring (bicyclic) bond motifs is 1. The lowest BCUT2D eigenvalue weighted by molar-refractivity contribution is 0.408. The van der Waals surface area contributed by atoms with Gasteiger partial charge in [-0.15, -0.1) is 0 Å². The zero-order chi connectivity index (χ0) is 21.1. The summed E-state index contributed by atoms with van der Waals surface area (Å²) in [5, 5.41) is 11.8. The van der Waals surface area contributed by atoms with Crippen LogP contribution in [0.25, 0.3) is 10.9 Å². The second kappa shape index (κ2) is 8.24. The van der Waals surface area contributed by atoms with Gasteiger partial charge in [-0.25, -0.2) is 4.79 Å². The van der Waals surface area contributed by atoms with Crippen LogP contribution in [-0.2, 0) is 13.0 Å². The number of nitrogens with zero attached hydrogens (tertiary/aromatic N) is 2. The largest absolute Gasteiger partial charge is 0.494 e. The van der Waals surface area contributed by atoms with Crippen molar-refractivity contribution in [3.8, 4) is 5.88 Å². The molecule has 0 spiro atoms. The standard InChI is InChI=1S/C23H22N4O3/c1-15(24-12-11-17-13-25-19-10-6-5-9-18(17)19)20-21(28)26-23(30)27(22(20)29)14-16-7-3-2-4-8-16/h2-10,13,25,29H,11-12,14H2,1H3,(H,26,28,30). The minimum absolute atomic E-state index is 0.0180. The maximum atomic E-state index is 12.4. The number of H-pyrrole nitrogens is 2. The molecule has 4 aromatic rings. The Morgan fingerprint density at radius 2 is 1.80 bits per heavy atom. The molecule has 2 heterocycles. The van der Waals surface area contributed by atoms with Crippen LogP contribution in [0.5, 0.6) is 5.88 Å². The van der Waals surface area contributed by atoms with Gasteiger partial charge in [0.1, 0.15) is 5.56 Å². The third-order valence-electron chi connectivity index (χ3n) is 5.12. The fourth-order valence-electron chi connectivity index (χ4n) is 3.56. The summed E-state index contributed by atoms with van der Waals surface area (Å²) in [5.41, 5.74) is 2.14. The molecule has 0 aliphatic carbocycles. The number of rotatable bonds is 6. The third kappa shape index (κ3) is 3.82. The summed E-state index contributed by atoms with van der Waals surface area (Å²) >= 11 is 0. The summed E-state index contributed by atoms with van der Waals surface area (Å²) in [6.07, 6.45) is 2.64. The predicted octanol–water partition coefficient (Wildman–Crippen LogP) is 2.82. The van der Waals surface area contributed by atoms with Crippen molar-refractivity contribution in [1.29, 1.82) is 0 Å². The van der Waals surface area contributed by atoms with Gasteiger partial charge in [0.05, 0.1) is 6.54 Å². The van der Waals surface area contributed by atoms with Gasteiger partial charge in [-0.1, -0.05) is 48.5 Å². The molecule has 0 aliphatic heterocycles. The molecule has 0 fully saturated rings. The van der Waals surface area contributed by atoms with Crippen LogP contribution in [0.3, 0.4) is 0 Å². The van der Waals surface area contributed by atoms with E-state index in [9.17, 15) is 14.7 Å². The highest BCUT2D eigenvalue weighted by Gasteiger charge is 2.17. The number of hydrogen-bond donors (Lipinski definition) is 3. The van der Waals surface area contributed by atoms with Crippen molar-refractivity contribution in [2.75, 3.05) is 6.54 Å². The molecule has 2 aromatic carbocycles. The molecule has 4 rings (SSSR count). The van der Waals surface area contributed by atoms with Crippen molar-refractivity contribution in [2.45, 2.75) is 19.9 Å². The molecule has 0 amide bonds. The molecule has 7 nitrogen and oxygen atoms in total. The summed E-state index contributed by atoms with van der Waals surface area (Å²) < 4.78 is 1.14. The first-order valence-corrected chi connectivity index (χ1v) is 9.71. The number of aromatic hydroxyl groups is 1. The van der Waals surface area contributed by atoms with E-state index in [4.69, 9.17) is 0 Å². The topological polar surface area (TPSA) is 103 Å². The molecule has 0 aliphatic rings. The molecule has 2 aromatic heterocycles. The highest BCUT2D eigenvalue weighted by Crippen LogP contribution is 2.18. The molecule has 0 unspecified atom stereocenters. The Hall–Kier alpha value is -3.87. The molecule has 0 saturated carbocycles. The van der Waals surface area contributed by atoms with Crippen LogP contribution in [0, 0.1) is 0 Å². The number of hydrogen-bond acceptors (Lipinski definition) is 4. The monoisotopic (exact) mass is 402 g/mol. The summed E-state index contributed by atoms with van der Waals surface area (Å²) in [7, 11) is 0. The van der Waals surface area contributed by atoms with E-state index in [1.165, 1.54) is 0 Å². The van der Waals surface area contributed by atoms with Crippen LogP contribution in [0.4, 0.5) is 0 Å². The lowest BCUT2D eigenvalue weighted by atomic mass is 10.1. The second-order valence-corrected chi connectivity index (χ2v) is 7.11. The van der Waals surface area contributed by atoms with E-state index < -0.39 is 11.2 Å². The first kappa shape index (κ1) is 19.4. The molecule has 0 bridgehead atoms. The van der Waals surface area contributed by atoms with Crippen LogP contribution < -0.4 is 11.2 Å². The quantitative estimate of drug-likeness (QED) is 0.432. The van der Waals surface area contributed by atoms with Crippen LogP contribution >= 0.6 is 0 Å². The lowest BCUT2D eigenvalue weighted by Crippen LogP contribution is -2.33. The zero-order valence-corrected chi connectivity index (χ0v) is 16.6. The summed E-state index contributed by atoms with van der Waals surface area (Å²) in [5.74, 6) is -0.374. The van der Waals surface area contributed by atoms with Crippen molar-refractivity contribution in [1.82, 2.24) is 14.5 Å². The average molecular weight is 402 g/mol.